The molecule has 2 aliphatic rings. The number of hydrogen-bond donors (Lipinski definition) is 2. The quantitative estimate of drug-likeness (QED) is 0.599. The standard InChI is InChI=1S/C27H32F3N5O3/c1-18-6-7-21(14-19(18)2)32-24(36)16-23-26(38)31-8-9-35(23)25(37)17-33-10-12-34(13-11-33)22-5-3-4-20(15-22)27(28,29)30/h3-7,14-15,23H,8-13,16-17H2,1-2H3,(H,31,38)(H,32,36)/t23-/m0/s1. The Kier molecular flexibility index (Phi) is 8.25. The Morgan fingerprint density at radius 1 is 1.00 bits per heavy atom. The number of rotatable bonds is 6. The van der Waals surface area contributed by atoms with Gasteiger partial charge in [0.05, 0.1) is 18.5 Å². The molecule has 11 heteroatoms. The number of carbonyl (C=O) groups excluding carboxylic acids is 3. The topological polar surface area (TPSA) is 85.0 Å². The molecule has 2 saturated heterocycles. The molecule has 2 aromatic rings. The maximum atomic E-state index is 13.2. The first-order valence-electron chi connectivity index (χ1n) is 12.6. The molecule has 0 saturated carbocycles. The Labute approximate surface area is 219 Å². The van der Waals surface area contributed by atoms with Crippen LogP contribution in [0.4, 0.5) is 24.5 Å². The van der Waals surface area contributed by atoms with Crippen molar-refractivity contribution in [2.45, 2.75) is 32.5 Å². The van der Waals surface area contributed by atoms with Crippen molar-refractivity contribution in [3.8, 4) is 0 Å². The molecule has 2 N–H and O–H groups in total. The highest BCUT2D eigenvalue weighted by Crippen LogP contribution is 2.32. The molecular formula is C27H32F3N5O3. The first-order chi connectivity index (χ1) is 18.0. The Hall–Kier alpha value is -3.60. The summed E-state index contributed by atoms with van der Waals surface area (Å²) in [5.41, 5.74) is 2.56. The number of benzene rings is 2. The molecule has 3 amide bonds. The molecule has 1 atom stereocenters. The molecule has 2 fully saturated rings. The van der Waals surface area contributed by atoms with Crippen molar-refractivity contribution in [3.63, 3.8) is 0 Å². The van der Waals surface area contributed by atoms with Crippen LogP contribution >= 0.6 is 0 Å². The predicted molar refractivity (Wildman–Crippen MR) is 138 cm³/mol. The minimum Gasteiger partial charge on any atom is -0.369 e. The summed E-state index contributed by atoms with van der Waals surface area (Å²) in [6.07, 6.45) is -4.56. The van der Waals surface area contributed by atoms with E-state index in [9.17, 15) is 27.6 Å². The van der Waals surface area contributed by atoms with Gasteiger partial charge in [0.15, 0.2) is 0 Å². The smallest absolute Gasteiger partial charge is 0.369 e. The zero-order valence-corrected chi connectivity index (χ0v) is 21.5. The fourth-order valence-corrected chi connectivity index (χ4v) is 4.75. The van der Waals surface area contributed by atoms with E-state index in [2.05, 4.69) is 10.6 Å². The third kappa shape index (κ3) is 6.63. The van der Waals surface area contributed by atoms with Gasteiger partial charge in [0.25, 0.3) is 0 Å². The van der Waals surface area contributed by atoms with E-state index in [4.69, 9.17) is 0 Å². The van der Waals surface area contributed by atoms with Gasteiger partial charge in [-0.1, -0.05) is 12.1 Å². The number of amides is 3. The van der Waals surface area contributed by atoms with Crippen molar-refractivity contribution in [1.82, 2.24) is 15.1 Å². The second-order valence-electron chi connectivity index (χ2n) is 9.76. The summed E-state index contributed by atoms with van der Waals surface area (Å²) in [6.45, 7) is 6.51. The molecule has 2 aliphatic heterocycles. The summed E-state index contributed by atoms with van der Waals surface area (Å²) in [5, 5.41) is 5.54. The maximum Gasteiger partial charge on any atom is 0.416 e. The SMILES string of the molecule is Cc1ccc(NC(=O)C[C@H]2C(=O)NCCN2C(=O)CN2CCN(c3cccc(C(F)(F)F)c3)CC2)cc1C. The highest BCUT2D eigenvalue weighted by atomic mass is 19.4. The molecule has 0 unspecified atom stereocenters. The van der Waals surface area contributed by atoms with Crippen molar-refractivity contribution in [1.29, 1.82) is 0 Å². The van der Waals surface area contributed by atoms with E-state index < -0.39 is 17.8 Å². The number of carbonyl (C=O) groups is 3. The summed E-state index contributed by atoms with van der Waals surface area (Å²) in [5.74, 6) is -0.978. The van der Waals surface area contributed by atoms with Crippen LogP contribution in [0.1, 0.15) is 23.1 Å². The third-order valence-corrected chi connectivity index (χ3v) is 7.09. The van der Waals surface area contributed by atoms with Gasteiger partial charge in [-0.05, 0) is 55.3 Å². The number of halogens is 3. The molecule has 2 heterocycles. The van der Waals surface area contributed by atoms with E-state index in [1.165, 1.54) is 11.0 Å². The van der Waals surface area contributed by atoms with E-state index in [-0.39, 0.29) is 30.7 Å². The lowest BCUT2D eigenvalue weighted by Crippen LogP contribution is -2.60. The van der Waals surface area contributed by atoms with E-state index in [1.807, 2.05) is 35.8 Å². The zero-order valence-electron chi connectivity index (χ0n) is 21.5. The largest absolute Gasteiger partial charge is 0.416 e. The lowest BCUT2D eigenvalue weighted by Gasteiger charge is -2.39. The Morgan fingerprint density at radius 2 is 1.74 bits per heavy atom. The molecule has 2 aromatic carbocycles. The fourth-order valence-electron chi connectivity index (χ4n) is 4.75. The normalized spacial score (nSPS) is 18.8. The van der Waals surface area contributed by atoms with Gasteiger partial charge in [0.1, 0.15) is 6.04 Å². The molecule has 8 nitrogen and oxygen atoms in total. The monoisotopic (exact) mass is 531 g/mol. The van der Waals surface area contributed by atoms with E-state index >= 15 is 0 Å². The lowest BCUT2D eigenvalue weighted by atomic mass is 10.1. The molecule has 204 valence electrons. The van der Waals surface area contributed by atoms with Crippen molar-refractivity contribution in [2.24, 2.45) is 0 Å². The lowest BCUT2D eigenvalue weighted by molar-refractivity contribution is -0.145. The molecule has 38 heavy (non-hydrogen) atoms. The highest BCUT2D eigenvalue weighted by Gasteiger charge is 2.36. The minimum absolute atomic E-state index is 0.0684. The summed E-state index contributed by atoms with van der Waals surface area (Å²) >= 11 is 0. The summed E-state index contributed by atoms with van der Waals surface area (Å²) < 4.78 is 39.2. The van der Waals surface area contributed by atoms with Gasteiger partial charge < -0.3 is 20.4 Å². The number of aryl methyl sites for hydroxylation is 2. The van der Waals surface area contributed by atoms with E-state index in [0.717, 1.165) is 23.3 Å². The summed E-state index contributed by atoms with van der Waals surface area (Å²) in [4.78, 5) is 43.8. The number of nitrogens with zero attached hydrogens (tertiary/aromatic N) is 3. The molecule has 0 aromatic heterocycles. The summed E-state index contributed by atoms with van der Waals surface area (Å²) in [7, 11) is 0. The number of hydrogen-bond acceptors (Lipinski definition) is 5. The zero-order chi connectivity index (χ0) is 27.4. The van der Waals surface area contributed by atoms with Gasteiger partial charge in [0.2, 0.25) is 17.7 Å². The van der Waals surface area contributed by atoms with E-state index in [0.29, 0.717) is 50.6 Å². The molecule has 0 bridgehead atoms. The average molecular weight is 532 g/mol. The number of nitrogens with one attached hydrogen (secondary N) is 2. The molecule has 0 radical (unpaired) electrons. The number of piperazine rings is 2. The van der Waals surface area contributed by atoms with Crippen LogP contribution in [0.2, 0.25) is 0 Å². The van der Waals surface area contributed by atoms with Crippen molar-refractivity contribution in [3.05, 3.63) is 59.2 Å². The average Bonchev–Trinajstić information content (AvgIpc) is 2.87. The molecule has 4 rings (SSSR count). The van der Waals surface area contributed by atoms with Crippen LogP contribution in [0.15, 0.2) is 42.5 Å². The first-order valence-corrected chi connectivity index (χ1v) is 12.6. The molecule has 0 spiro atoms. The van der Waals surface area contributed by atoms with Gasteiger partial charge in [-0.2, -0.15) is 13.2 Å². The van der Waals surface area contributed by atoms with Crippen molar-refractivity contribution in [2.75, 3.05) is 56.0 Å². The van der Waals surface area contributed by atoms with Crippen LogP contribution in [0, 0.1) is 13.8 Å². The van der Waals surface area contributed by atoms with Gasteiger partial charge in [-0.15, -0.1) is 0 Å². The Morgan fingerprint density at radius 3 is 2.42 bits per heavy atom. The number of anilines is 2. The van der Waals surface area contributed by atoms with Crippen LogP contribution in [0.25, 0.3) is 0 Å². The number of alkyl halides is 3. The minimum atomic E-state index is -4.41. The van der Waals surface area contributed by atoms with Crippen LogP contribution < -0.4 is 15.5 Å². The Bertz CT molecular complexity index is 1190. The Balaban J connectivity index is 1.33. The van der Waals surface area contributed by atoms with Crippen molar-refractivity contribution >= 4 is 29.1 Å². The van der Waals surface area contributed by atoms with Gasteiger partial charge in [0, 0.05) is 50.6 Å². The maximum absolute atomic E-state index is 13.2. The third-order valence-electron chi connectivity index (χ3n) is 7.09. The van der Waals surface area contributed by atoms with Gasteiger partial charge in [-0.3, -0.25) is 19.3 Å². The van der Waals surface area contributed by atoms with Crippen LogP contribution in [-0.4, -0.2) is 79.4 Å². The molecular weight excluding hydrogens is 499 g/mol. The first kappa shape index (κ1) is 27.4. The van der Waals surface area contributed by atoms with E-state index in [1.54, 1.807) is 12.1 Å². The van der Waals surface area contributed by atoms with Crippen LogP contribution in [0.5, 0.6) is 0 Å². The van der Waals surface area contributed by atoms with Crippen LogP contribution in [-0.2, 0) is 20.6 Å². The summed E-state index contributed by atoms with van der Waals surface area (Å²) in [6, 6.07) is 9.88. The predicted octanol–water partition coefficient (Wildman–Crippen LogP) is 2.80. The fraction of sp³-hybridized carbons (Fsp3) is 0.444. The van der Waals surface area contributed by atoms with Crippen LogP contribution in [0.3, 0.4) is 0 Å². The highest BCUT2D eigenvalue weighted by molar-refractivity contribution is 5.97. The molecule has 0 aliphatic carbocycles. The van der Waals surface area contributed by atoms with Crippen molar-refractivity contribution < 1.29 is 27.6 Å². The van der Waals surface area contributed by atoms with Gasteiger partial charge in [-0.25, -0.2) is 0 Å². The van der Waals surface area contributed by atoms with Gasteiger partial charge >= 0.3 is 6.18 Å². The second kappa shape index (κ2) is 11.4. The second-order valence-corrected chi connectivity index (χ2v) is 9.76.